The quantitative estimate of drug-likeness (QED) is 0.0252. The second kappa shape index (κ2) is 35.8. The molecule has 10 nitrogen and oxygen atoms in total. The van der Waals surface area contributed by atoms with E-state index in [4.69, 9.17) is 19.1 Å². The van der Waals surface area contributed by atoms with Crippen LogP contribution >= 0.6 is 7.82 Å². The molecule has 0 aromatic heterocycles. The van der Waals surface area contributed by atoms with Crippen LogP contribution in [0.3, 0.4) is 0 Å². The van der Waals surface area contributed by atoms with Crippen molar-refractivity contribution in [1.29, 1.82) is 0 Å². The van der Waals surface area contributed by atoms with Gasteiger partial charge in [0.1, 0.15) is 12.7 Å². The molecule has 0 aliphatic rings. The molecule has 0 radical (unpaired) electrons. The van der Waals surface area contributed by atoms with Gasteiger partial charge in [0.2, 0.25) is 0 Å². The Hall–Kier alpha value is -2.59. The summed E-state index contributed by atoms with van der Waals surface area (Å²) < 4.78 is 32.4. The van der Waals surface area contributed by atoms with Crippen molar-refractivity contribution in [3.05, 3.63) is 72.9 Å². The van der Waals surface area contributed by atoms with Crippen LogP contribution in [0.1, 0.15) is 129 Å². The molecule has 0 spiro atoms. The zero-order valence-electron chi connectivity index (χ0n) is 31.3. The van der Waals surface area contributed by atoms with Crippen LogP contribution in [0.5, 0.6) is 0 Å². The maximum absolute atomic E-state index is 12.5. The SMILES string of the molecule is CC/C=C/C/C=C/C/C=C/C/C=C/C/C=C/C/C=C/CCC(=O)O[C@H](COC(=O)CCCCCCCCCCC)COP(=O)(O)OC[C@@H](O)CO. The van der Waals surface area contributed by atoms with Gasteiger partial charge < -0.3 is 24.6 Å². The smallest absolute Gasteiger partial charge is 0.462 e. The summed E-state index contributed by atoms with van der Waals surface area (Å²) in [6, 6.07) is 0. The highest BCUT2D eigenvalue weighted by atomic mass is 31.2. The molecule has 0 aromatic carbocycles. The normalized spacial score (nSPS) is 14.8. The Balaban J connectivity index is 4.50. The summed E-state index contributed by atoms with van der Waals surface area (Å²) in [5.74, 6) is -1.03. The van der Waals surface area contributed by atoms with Crippen LogP contribution in [0.25, 0.3) is 0 Å². The molecule has 0 amide bonds. The molecule has 0 saturated carbocycles. The molecule has 0 heterocycles. The number of carbonyl (C=O) groups is 2. The molecule has 0 aliphatic heterocycles. The summed E-state index contributed by atoms with van der Waals surface area (Å²) in [4.78, 5) is 34.7. The lowest BCUT2D eigenvalue weighted by Crippen LogP contribution is -2.29. The highest BCUT2D eigenvalue weighted by Crippen LogP contribution is 2.43. The lowest BCUT2D eigenvalue weighted by atomic mass is 10.1. The van der Waals surface area contributed by atoms with Gasteiger partial charge in [0.15, 0.2) is 6.10 Å². The van der Waals surface area contributed by atoms with E-state index in [1.165, 1.54) is 32.1 Å². The van der Waals surface area contributed by atoms with E-state index < -0.39 is 51.8 Å². The Morgan fingerprint density at radius 1 is 0.608 bits per heavy atom. The molecule has 0 rings (SSSR count). The Morgan fingerprint density at radius 3 is 1.59 bits per heavy atom. The number of ether oxygens (including phenoxy) is 2. The van der Waals surface area contributed by atoms with Crippen molar-refractivity contribution in [3.63, 3.8) is 0 Å². The van der Waals surface area contributed by atoms with Crippen molar-refractivity contribution in [2.75, 3.05) is 26.4 Å². The molecule has 1 unspecified atom stereocenters. The highest BCUT2D eigenvalue weighted by molar-refractivity contribution is 7.47. The van der Waals surface area contributed by atoms with Crippen LogP contribution < -0.4 is 0 Å². The maximum Gasteiger partial charge on any atom is 0.472 e. The van der Waals surface area contributed by atoms with E-state index in [2.05, 4.69) is 79.1 Å². The standard InChI is InChI=1S/C40H67O10P/c1-3-5-7-9-11-13-14-15-16-17-18-19-20-21-22-24-26-28-30-32-40(44)50-38(36-49-51(45,46)48-34-37(42)33-41)35-47-39(43)31-29-27-25-23-12-10-8-6-4-2/h5,7,11,13,15-16,18-19,21-22,26,28,37-38,41-42H,3-4,6,8-10,12,14,17,20,23-25,27,29-36H2,1-2H3,(H,45,46)/b7-5+,13-11+,16-15+,19-18+,22-21+,28-26+/t37-,38+/m0/s1. The van der Waals surface area contributed by atoms with Crippen molar-refractivity contribution in [2.24, 2.45) is 0 Å². The fraction of sp³-hybridized carbons (Fsp3) is 0.650. The van der Waals surface area contributed by atoms with Crippen molar-refractivity contribution < 1.29 is 47.8 Å². The van der Waals surface area contributed by atoms with Gasteiger partial charge in [-0.05, 0) is 51.4 Å². The van der Waals surface area contributed by atoms with Gasteiger partial charge in [-0.15, -0.1) is 0 Å². The summed E-state index contributed by atoms with van der Waals surface area (Å²) in [5, 5.41) is 18.2. The third kappa shape index (κ3) is 35.6. The second-order valence-electron chi connectivity index (χ2n) is 12.2. The summed E-state index contributed by atoms with van der Waals surface area (Å²) in [6.07, 6.45) is 39.0. The van der Waals surface area contributed by atoms with Crippen LogP contribution in [0.15, 0.2) is 72.9 Å². The third-order valence-electron chi connectivity index (χ3n) is 7.39. The Morgan fingerprint density at radius 2 is 1.08 bits per heavy atom. The Bertz CT molecular complexity index is 1080. The van der Waals surface area contributed by atoms with E-state index >= 15 is 0 Å². The first-order chi connectivity index (χ1) is 24.7. The minimum atomic E-state index is -4.63. The van der Waals surface area contributed by atoms with E-state index in [1.54, 1.807) is 0 Å². The van der Waals surface area contributed by atoms with E-state index in [0.717, 1.165) is 57.8 Å². The predicted molar refractivity (Wildman–Crippen MR) is 205 cm³/mol. The molecule has 0 saturated heterocycles. The zero-order chi connectivity index (χ0) is 37.7. The molecule has 0 aromatic rings. The molecular weight excluding hydrogens is 671 g/mol. The highest BCUT2D eigenvalue weighted by Gasteiger charge is 2.27. The fourth-order valence-electron chi connectivity index (χ4n) is 4.49. The third-order valence-corrected chi connectivity index (χ3v) is 8.34. The van der Waals surface area contributed by atoms with E-state index in [0.29, 0.717) is 12.8 Å². The minimum Gasteiger partial charge on any atom is -0.462 e. The number of aliphatic hydroxyl groups excluding tert-OH is 2. The fourth-order valence-corrected chi connectivity index (χ4v) is 5.28. The number of rotatable bonds is 34. The summed E-state index contributed by atoms with van der Waals surface area (Å²) >= 11 is 0. The van der Waals surface area contributed by atoms with Gasteiger partial charge >= 0.3 is 19.8 Å². The predicted octanol–water partition coefficient (Wildman–Crippen LogP) is 9.33. The van der Waals surface area contributed by atoms with Gasteiger partial charge in [-0.3, -0.25) is 18.6 Å². The van der Waals surface area contributed by atoms with Crippen LogP contribution in [0.2, 0.25) is 0 Å². The Kier molecular flexibility index (Phi) is 34.0. The van der Waals surface area contributed by atoms with Gasteiger partial charge in [-0.2, -0.15) is 0 Å². The lowest BCUT2D eigenvalue weighted by molar-refractivity contribution is -0.161. The molecule has 11 heteroatoms. The zero-order valence-corrected chi connectivity index (χ0v) is 32.2. The number of phosphoric acid groups is 1. The van der Waals surface area contributed by atoms with Gasteiger partial charge in [0.25, 0.3) is 0 Å². The number of allylic oxidation sites excluding steroid dienone is 12. The summed E-state index contributed by atoms with van der Waals surface area (Å²) in [5.41, 5.74) is 0. The van der Waals surface area contributed by atoms with Crippen LogP contribution in [0, 0.1) is 0 Å². The van der Waals surface area contributed by atoms with Gasteiger partial charge in [0.05, 0.1) is 19.8 Å². The molecular formula is C40H67O10P. The number of esters is 2. The van der Waals surface area contributed by atoms with Gasteiger partial charge in [-0.1, -0.05) is 138 Å². The average Bonchev–Trinajstić information content (AvgIpc) is 3.12. The molecule has 0 fully saturated rings. The van der Waals surface area contributed by atoms with Crippen molar-refractivity contribution in [2.45, 2.75) is 142 Å². The van der Waals surface area contributed by atoms with Crippen LogP contribution in [-0.2, 0) is 32.7 Å². The Labute approximate surface area is 308 Å². The number of phosphoric ester groups is 1. The molecule has 292 valence electrons. The topological polar surface area (TPSA) is 149 Å². The minimum absolute atomic E-state index is 0.0566. The van der Waals surface area contributed by atoms with Crippen molar-refractivity contribution in [1.82, 2.24) is 0 Å². The first kappa shape index (κ1) is 48.4. The molecule has 0 aliphatic carbocycles. The summed E-state index contributed by atoms with van der Waals surface area (Å²) in [6.45, 7) is 2.12. The monoisotopic (exact) mass is 738 g/mol. The number of carbonyl (C=O) groups excluding carboxylic acids is 2. The second-order valence-corrected chi connectivity index (χ2v) is 13.7. The van der Waals surface area contributed by atoms with Gasteiger partial charge in [0, 0.05) is 12.8 Å². The van der Waals surface area contributed by atoms with Gasteiger partial charge in [-0.25, -0.2) is 4.57 Å². The molecule has 0 bridgehead atoms. The van der Waals surface area contributed by atoms with Crippen molar-refractivity contribution in [3.8, 4) is 0 Å². The average molecular weight is 739 g/mol. The van der Waals surface area contributed by atoms with E-state index in [-0.39, 0.29) is 19.4 Å². The molecule has 3 atom stereocenters. The van der Waals surface area contributed by atoms with Crippen LogP contribution in [0.4, 0.5) is 0 Å². The first-order valence-corrected chi connectivity index (χ1v) is 20.4. The van der Waals surface area contributed by atoms with E-state index in [1.807, 2.05) is 12.2 Å². The first-order valence-electron chi connectivity index (χ1n) is 18.9. The van der Waals surface area contributed by atoms with Crippen LogP contribution in [-0.4, -0.2) is 65.7 Å². The maximum atomic E-state index is 12.5. The number of unbranched alkanes of at least 4 members (excludes halogenated alkanes) is 8. The van der Waals surface area contributed by atoms with E-state index in [9.17, 15) is 24.2 Å². The number of aliphatic hydroxyl groups is 2. The number of hydrogen-bond donors (Lipinski definition) is 3. The summed E-state index contributed by atoms with van der Waals surface area (Å²) in [7, 11) is -4.63. The van der Waals surface area contributed by atoms with Crippen molar-refractivity contribution >= 4 is 19.8 Å². The molecule has 51 heavy (non-hydrogen) atoms. The molecule has 3 N–H and O–H groups in total. The lowest BCUT2D eigenvalue weighted by Gasteiger charge is -2.20. The largest absolute Gasteiger partial charge is 0.472 e. The number of hydrogen-bond acceptors (Lipinski definition) is 9.